The van der Waals surface area contributed by atoms with Gasteiger partial charge in [-0.2, -0.15) is 0 Å². The molecule has 0 aliphatic heterocycles. The highest BCUT2D eigenvalue weighted by molar-refractivity contribution is 6.32. The van der Waals surface area contributed by atoms with Gasteiger partial charge in [-0.15, -0.1) is 0 Å². The summed E-state index contributed by atoms with van der Waals surface area (Å²) in [5.74, 6) is 0.449. The summed E-state index contributed by atoms with van der Waals surface area (Å²) in [6.07, 6.45) is 2.36. The number of phenols is 1. The molecule has 0 bridgehead atoms. The standard InChI is InChI=1S/C25H20BN3O2/c26-20-10-6-18(7-11-20)15-24(31)29-25-22(14-17-4-2-1-3-5-17)28-23(16-27-25)19-8-12-21(30)13-9-19/h1-13,16,30H,14-15H2,(H,27,29,31). The molecule has 1 amide bonds. The van der Waals surface area contributed by atoms with E-state index in [1.807, 2.05) is 42.5 Å². The van der Waals surface area contributed by atoms with Crippen LogP contribution in [0.1, 0.15) is 16.8 Å². The van der Waals surface area contributed by atoms with Crippen LogP contribution in [0.2, 0.25) is 0 Å². The molecule has 0 atom stereocenters. The lowest BCUT2D eigenvalue weighted by atomic mass is 9.95. The second-order valence-corrected chi connectivity index (χ2v) is 7.23. The van der Waals surface area contributed by atoms with Gasteiger partial charge >= 0.3 is 0 Å². The Balaban J connectivity index is 1.61. The number of aromatic nitrogens is 2. The van der Waals surface area contributed by atoms with Crippen molar-refractivity contribution in [3.63, 3.8) is 0 Å². The first kappa shape index (κ1) is 20.4. The summed E-state index contributed by atoms with van der Waals surface area (Å²) in [5.41, 5.74) is 4.76. The van der Waals surface area contributed by atoms with Gasteiger partial charge in [0, 0.05) is 12.0 Å². The minimum atomic E-state index is -0.175. The number of phenolic OH excluding ortho intramolecular Hbond substituents is 1. The maximum Gasteiger partial charge on any atom is 0.229 e. The number of anilines is 1. The average Bonchev–Trinajstić information content (AvgIpc) is 2.78. The van der Waals surface area contributed by atoms with E-state index in [-0.39, 0.29) is 18.1 Å². The molecule has 6 heteroatoms. The Morgan fingerprint density at radius 3 is 2.32 bits per heavy atom. The number of carbonyl (C=O) groups excluding carboxylic acids is 1. The van der Waals surface area contributed by atoms with Crippen LogP contribution in [0.15, 0.2) is 85.1 Å². The van der Waals surface area contributed by atoms with E-state index in [4.69, 9.17) is 12.8 Å². The lowest BCUT2D eigenvalue weighted by Gasteiger charge is -2.12. The fourth-order valence-corrected chi connectivity index (χ4v) is 3.21. The lowest BCUT2D eigenvalue weighted by Crippen LogP contribution is -2.18. The van der Waals surface area contributed by atoms with Crippen molar-refractivity contribution < 1.29 is 9.90 Å². The van der Waals surface area contributed by atoms with Crippen molar-refractivity contribution in [3.05, 3.63) is 102 Å². The van der Waals surface area contributed by atoms with Crippen LogP contribution in [-0.4, -0.2) is 28.8 Å². The summed E-state index contributed by atoms with van der Waals surface area (Å²) in [5, 5.41) is 12.4. The number of benzene rings is 3. The summed E-state index contributed by atoms with van der Waals surface area (Å²) in [6, 6.07) is 23.9. The highest BCUT2D eigenvalue weighted by Gasteiger charge is 2.13. The number of rotatable bonds is 6. The fourth-order valence-electron chi connectivity index (χ4n) is 3.21. The van der Waals surface area contributed by atoms with Gasteiger partial charge in [0.2, 0.25) is 5.91 Å². The first-order valence-corrected chi connectivity index (χ1v) is 9.90. The third kappa shape index (κ3) is 5.37. The van der Waals surface area contributed by atoms with Gasteiger partial charge in [-0.05, 0) is 35.4 Å². The van der Waals surface area contributed by atoms with Crippen LogP contribution in [-0.2, 0) is 17.6 Å². The van der Waals surface area contributed by atoms with E-state index < -0.39 is 0 Å². The molecule has 0 unspecified atom stereocenters. The van der Waals surface area contributed by atoms with Crippen molar-refractivity contribution >= 4 is 25.0 Å². The first-order chi connectivity index (χ1) is 15.1. The number of carbonyl (C=O) groups is 1. The molecule has 2 radical (unpaired) electrons. The average molecular weight is 405 g/mol. The zero-order valence-electron chi connectivity index (χ0n) is 16.8. The van der Waals surface area contributed by atoms with Gasteiger partial charge in [-0.25, -0.2) is 9.97 Å². The molecule has 0 spiro atoms. The predicted molar refractivity (Wildman–Crippen MR) is 123 cm³/mol. The second kappa shape index (κ2) is 9.26. The maximum absolute atomic E-state index is 12.6. The monoisotopic (exact) mass is 405 g/mol. The third-order valence-electron chi connectivity index (χ3n) is 4.82. The molecule has 0 aliphatic rings. The van der Waals surface area contributed by atoms with Gasteiger partial charge in [0.1, 0.15) is 13.6 Å². The van der Waals surface area contributed by atoms with Gasteiger partial charge in [0.15, 0.2) is 5.82 Å². The highest BCUT2D eigenvalue weighted by Crippen LogP contribution is 2.23. The second-order valence-electron chi connectivity index (χ2n) is 7.23. The van der Waals surface area contributed by atoms with Crippen LogP contribution in [0.5, 0.6) is 5.75 Å². The number of aromatic hydroxyl groups is 1. The molecule has 0 fully saturated rings. The number of hydrogen-bond donors (Lipinski definition) is 2. The van der Waals surface area contributed by atoms with Crippen molar-refractivity contribution in [3.8, 4) is 17.0 Å². The Morgan fingerprint density at radius 2 is 1.61 bits per heavy atom. The smallest absolute Gasteiger partial charge is 0.229 e. The Hall–Kier alpha value is -3.93. The molecule has 1 aromatic heterocycles. The molecule has 150 valence electrons. The lowest BCUT2D eigenvalue weighted by molar-refractivity contribution is -0.115. The number of amides is 1. The van der Waals surface area contributed by atoms with Crippen LogP contribution in [0.4, 0.5) is 5.82 Å². The van der Waals surface area contributed by atoms with E-state index in [1.54, 1.807) is 42.6 Å². The van der Waals surface area contributed by atoms with Gasteiger partial charge in [-0.3, -0.25) is 4.79 Å². The minimum Gasteiger partial charge on any atom is -0.508 e. The van der Waals surface area contributed by atoms with Crippen LogP contribution >= 0.6 is 0 Å². The largest absolute Gasteiger partial charge is 0.508 e. The number of hydrogen-bond acceptors (Lipinski definition) is 4. The van der Waals surface area contributed by atoms with E-state index in [2.05, 4.69) is 10.3 Å². The normalized spacial score (nSPS) is 10.6. The molecule has 0 aliphatic carbocycles. The Morgan fingerprint density at radius 1 is 0.903 bits per heavy atom. The SMILES string of the molecule is [B]c1ccc(CC(=O)Nc2ncc(-c3ccc(O)cc3)nc2Cc2ccccc2)cc1. The summed E-state index contributed by atoms with van der Waals surface area (Å²) < 4.78 is 0. The molecule has 2 N–H and O–H groups in total. The Bertz CT molecular complexity index is 1180. The van der Waals surface area contributed by atoms with Crippen LogP contribution in [0, 0.1) is 0 Å². The molecule has 5 nitrogen and oxygen atoms in total. The number of nitrogens with zero attached hydrogens (tertiary/aromatic N) is 2. The van der Waals surface area contributed by atoms with Gasteiger partial charge in [0.25, 0.3) is 0 Å². The molecular weight excluding hydrogens is 385 g/mol. The molecule has 0 saturated carbocycles. The summed E-state index contributed by atoms with van der Waals surface area (Å²) in [4.78, 5) is 21.9. The molecule has 31 heavy (non-hydrogen) atoms. The maximum atomic E-state index is 12.6. The summed E-state index contributed by atoms with van der Waals surface area (Å²) >= 11 is 0. The fraction of sp³-hybridized carbons (Fsp3) is 0.0800. The molecule has 1 heterocycles. The van der Waals surface area contributed by atoms with Crippen LogP contribution < -0.4 is 10.8 Å². The molecule has 4 rings (SSSR count). The summed E-state index contributed by atoms with van der Waals surface area (Å²) in [7, 11) is 5.71. The van der Waals surface area contributed by atoms with Crippen LogP contribution in [0.3, 0.4) is 0 Å². The van der Waals surface area contributed by atoms with E-state index in [0.717, 1.165) is 16.7 Å². The van der Waals surface area contributed by atoms with Crippen molar-refractivity contribution in [2.75, 3.05) is 5.32 Å². The Kier molecular flexibility index (Phi) is 6.08. The zero-order chi connectivity index (χ0) is 21.6. The van der Waals surface area contributed by atoms with Crippen LogP contribution in [0.25, 0.3) is 11.3 Å². The van der Waals surface area contributed by atoms with E-state index in [0.29, 0.717) is 29.1 Å². The Labute approximate surface area is 182 Å². The van der Waals surface area contributed by atoms with Gasteiger partial charge in [-0.1, -0.05) is 60.1 Å². The van der Waals surface area contributed by atoms with E-state index in [1.165, 1.54) is 0 Å². The topological polar surface area (TPSA) is 75.1 Å². The quantitative estimate of drug-likeness (QED) is 0.482. The highest BCUT2D eigenvalue weighted by atomic mass is 16.3. The van der Waals surface area contributed by atoms with Gasteiger partial charge < -0.3 is 10.4 Å². The molecule has 3 aromatic carbocycles. The van der Waals surface area contributed by atoms with Crippen molar-refractivity contribution in [2.24, 2.45) is 0 Å². The molecule has 4 aromatic rings. The van der Waals surface area contributed by atoms with Crippen molar-refractivity contribution in [1.82, 2.24) is 9.97 Å². The van der Waals surface area contributed by atoms with E-state index >= 15 is 0 Å². The van der Waals surface area contributed by atoms with E-state index in [9.17, 15) is 9.90 Å². The molecule has 0 saturated heterocycles. The minimum absolute atomic E-state index is 0.175. The number of nitrogens with one attached hydrogen (secondary N) is 1. The predicted octanol–water partition coefficient (Wildman–Crippen LogP) is 3.42. The zero-order valence-corrected chi connectivity index (χ0v) is 16.8. The van der Waals surface area contributed by atoms with Crippen molar-refractivity contribution in [2.45, 2.75) is 12.8 Å². The molecular formula is C25H20BN3O2. The first-order valence-electron chi connectivity index (χ1n) is 9.90. The third-order valence-corrected chi connectivity index (χ3v) is 4.82. The van der Waals surface area contributed by atoms with Crippen molar-refractivity contribution in [1.29, 1.82) is 0 Å². The van der Waals surface area contributed by atoms with Gasteiger partial charge in [0.05, 0.1) is 24.0 Å². The summed E-state index contributed by atoms with van der Waals surface area (Å²) in [6.45, 7) is 0.